The highest BCUT2D eigenvalue weighted by atomic mass is 35.5. The van der Waals surface area contributed by atoms with E-state index in [1.54, 1.807) is 0 Å². The van der Waals surface area contributed by atoms with Gasteiger partial charge in [0.1, 0.15) is 5.82 Å². The molecule has 3 fully saturated rings. The summed E-state index contributed by atoms with van der Waals surface area (Å²) < 4.78 is 38.4. The molecule has 1 aromatic rings. The van der Waals surface area contributed by atoms with E-state index in [4.69, 9.17) is 11.6 Å². The molecule has 2 saturated heterocycles. The molecule has 4 rings (SSSR count). The van der Waals surface area contributed by atoms with Gasteiger partial charge in [0.25, 0.3) is 0 Å². The van der Waals surface area contributed by atoms with Gasteiger partial charge in [0, 0.05) is 57.4 Å². The highest BCUT2D eigenvalue weighted by Gasteiger charge is 2.34. The van der Waals surface area contributed by atoms with Crippen LogP contribution in [0.4, 0.5) is 19.0 Å². The Bertz CT molecular complexity index is 753. The molecular formula is C21H28ClF3N4O. The summed E-state index contributed by atoms with van der Waals surface area (Å²) >= 11 is 6.07. The predicted octanol–water partition coefficient (Wildman–Crippen LogP) is 4.06. The van der Waals surface area contributed by atoms with Crippen LogP contribution >= 0.6 is 11.6 Å². The van der Waals surface area contributed by atoms with E-state index in [0.29, 0.717) is 37.8 Å². The molecule has 1 amide bonds. The van der Waals surface area contributed by atoms with Crippen LogP contribution in [0.25, 0.3) is 0 Å². The van der Waals surface area contributed by atoms with Gasteiger partial charge in [0.05, 0.1) is 10.6 Å². The molecule has 3 aliphatic rings. The lowest BCUT2D eigenvalue weighted by atomic mass is 9.95. The zero-order valence-electron chi connectivity index (χ0n) is 17.0. The molecule has 1 aliphatic carbocycles. The van der Waals surface area contributed by atoms with Crippen LogP contribution in [-0.4, -0.2) is 66.0 Å². The van der Waals surface area contributed by atoms with Crippen molar-refractivity contribution < 1.29 is 18.0 Å². The molecule has 0 aromatic carbocycles. The number of rotatable bonds is 3. The molecule has 0 N–H and O–H groups in total. The van der Waals surface area contributed by atoms with Crippen molar-refractivity contribution in [2.45, 2.75) is 50.7 Å². The second-order valence-corrected chi connectivity index (χ2v) is 9.00. The average Bonchev–Trinajstić information content (AvgIpc) is 3.28. The molecule has 30 heavy (non-hydrogen) atoms. The molecular weight excluding hydrogens is 417 g/mol. The third-order valence-electron chi connectivity index (χ3n) is 6.76. The van der Waals surface area contributed by atoms with E-state index in [0.717, 1.165) is 38.4 Å². The topological polar surface area (TPSA) is 39.7 Å². The van der Waals surface area contributed by atoms with E-state index < -0.39 is 11.7 Å². The normalized spacial score (nSPS) is 22.7. The molecule has 1 aromatic heterocycles. The number of amides is 1. The fourth-order valence-corrected chi connectivity index (χ4v) is 5.28. The third-order valence-corrected chi connectivity index (χ3v) is 7.04. The fourth-order valence-electron chi connectivity index (χ4n) is 4.99. The average molecular weight is 445 g/mol. The second-order valence-electron chi connectivity index (χ2n) is 8.59. The smallest absolute Gasteiger partial charge is 0.355 e. The van der Waals surface area contributed by atoms with Gasteiger partial charge in [-0.25, -0.2) is 4.98 Å². The standard InChI is InChI=1S/C21H28ClF3N4O/c22-18-13-16(21(23,24)25)14-26-19(18)28-7-5-15(6-8-28)20(30)29-11-9-27(10-12-29)17-3-1-2-4-17/h13-15,17H,1-12H2. The van der Waals surface area contributed by atoms with Crippen molar-refractivity contribution >= 4 is 23.3 Å². The summed E-state index contributed by atoms with van der Waals surface area (Å²) in [6.45, 7) is 4.64. The summed E-state index contributed by atoms with van der Waals surface area (Å²) in [6.07, 6.45) is 2.90. The molecule has 9 heteroatoms. The van der Waals surface area contributed by atoms with Crippen molar-refractivity contribution in [3.8, 4) is 0 Å². The number of aromatic nitrogens is 1. The van der Waals surface area contributed by atoms with Crippen molar-refractivity contribution in [2.75, 3.05) is 44.2 Å². The van der Waals surface area contributed by atoms with Crippen molar-refractivity contribution in [3.63, 3.8) is 0 Å². The number of nitrogens with zero attached hydrogens (tertiary/aromatic N) is 4. The first-order chi connectivity index (χ1) is 14.3. The maximum Gasteiger partial charge on any atom is 0.417 e. The van der Waals surface area contributed by atoms with Gasteiger partial charge in [-0.15, -0.1) is 0 Å². The first-order valence-corrected chi connectivity index (χ1v) is 11.2. The van der Waals surface area contributed by atoms with Crippen LogP contribution in [0.3, 0.4) is 0 Å². The Morgan fingerprint density at radius 3 is 2.20 bits per heavy atom. The number of hydrogen-bond acceptors (Lipinski definition) is 4. The van der Waals surface area contributed by atoms with Crippen LogP contribution in [-0.2, 0) is 11.0 Å². The predicted molar refractivity (Wildman–Crippen MR) is 110 cm³/mol. The van der Waals surface area contributed by atoms with E-state index >= 15 is 0 Å². The maximum atomic E-state index is 13.0. The molecule has 166 valence electrons. The Labute approximate surface area is 180 Å². The van der Waals surface area contributed by atoms with Crippen molar-refractivity contribution in [3.05, 3.63) is 22.8 Å². The third kappa shape index (κ3) is 4.69. The first-order valence-electron chi connectivity index (χ1n) is 10.8. The quantitative estimate of drug-likeness (QED) is 0.705. The summed E-state index contributed by atoms with van der Waals surface area (Å²) in [5, 5.41) is -0.00219. The van der Waals surface area contributed by atoms with E-state index in [1.165, 1.54) is 25.7 Å². The molecule has 0 spiro atoms. The summed E-state index contributed by atoms with van der Waals surface area (Å²) in [7, 11) is 0. The van der Waals surface area contributed by atoms with Gasteiger partial charge < -0.3 is 9.80 Å². The van der Waals surface area contributed by atoms with Crippen LogP contribution in [0, 0.1) is 5.92 Å². The lowest BCUT2D eigenvalue weighted by molar-refractivity contribution is -0.139. The lowest BCUT2D eigenvalue weighted by Gasteiger charge is -2.40. The zero-order chi connectivity index (χ0) is 21.3. The number of alkyl halides is 3. The highest BCUT2D eigenvalue weighted by Crippen LogP contribution is 2.35. The molecule has 2 aliphatic heterocycles. The van der Waals surface area contributed by atoms with E-state index in [9.17, 15) is 18.0 Å². The number of carbonyl (C=O) groups excluding carboxylic acids is 1. The molecule has 1 saturated carbocycles. The fraction of sp³-hybridized carbons (Fsp3) is 0.714. The van der Waals surface area contributed by atoms with Gasteiger partial charge in [-0.1, -0.05) is 24.4 Å². The van der Waals surface area contributed by atoms with Crippen molar-refractivity contribution in [2.24, 2.45) is 5.92 Å². The van der Waals surface area contributed by atoms with Gasteiger partial charge in [-0.2, -0.15) is 13.2 Å². The summed E-state index contributed by atoms with van der Waals surface area (Å²) in [6, 6.07) is 1.62. The molecule has 0 radical (unpaired) electrons. The van der Waals surface area contributed by atoms with Crippen molar-refractivity contribution in [1.29, 1.82) is 0 Å². The zero-order valence-corrected chi connectivity index (χ0v) is 17.8. The minimum Gasteiger partial charge on any atom is -0.355 e. The van der Waals surface area contributed by atoms with Crippen LogP contribution in [0.5, 0.6) is 0 Å². The van der Waals surface area contributed by atoms with E-state index in [2.05, 4.69) is 9.88 Å². The SMILES string of the molecule is O=C(C1CCN(c2ncc(C(F)(F)F)cc2Cl)CC1)N1CCN(C2CCCC2)CC1. The maximum absolute atomic E-state index is 13.0. The number of piperazine rings is 1. The largest absolute Gasteiger partial charge is 0.417 e. The van der Waals surface area contributed by atoms with Crippen molar-refractivity contribution in [1.82, 2.24) is 14.8 Å². The number of pyridine rings is 1. The number of halogens is 4. The Kier molecular flexibility index (Phi) is 6.44. The monoisotopic (exact) mass is 444 g/mol. The molecule has 0 atom stereocenters. The Hall–Kier alpha value is -1.54. The van der Waals surface area contributed by atoms with Gasteiger partial charge in [-0.3, -0.25) is 9.69 Å². The molecule has 5 nitrogen and oxygen atoms in total. The number of piperidine rings is 1. The number of carbonyl (C=O) groups is 1. The van der Waals surface area contributed by atoms with Gasteiger partial charge in [0.2, 0.25) is 5.91 Å². The van der Waals surface area contributed by atoms with E-state index in [-0.39, 0.29) is 16.8 Å². The van der Waals surface area contributed by atoms with Crippen LogP contribution in [0.15, 0.2) is 12.3 Å². The van der Waals surface area contributed by atoms with Gasteiger partial charge >= 0.3 is 6.18 Å². The minimum atomic E-state index is -4.46. The number of anilines is 1. The van der Waals surface area contributed by atoms with E-state index in [1.807, 2.05) is 9.80 Å². The molecule has 0 bridgehead atoms. The first kappa shape index (κ1) is 21.7. The minimum absolute atomic E-state index is 0.00219. The molecule has 0 unspecified atom stereocenters. The summed E-state index contributed by atoms with van der Waals surface area (Å²) in [4.78, 5) is 23.3. The molecule has 3 heterocycles. The van der Waals surface area contributed by atoms with Gasteiger partial charge in [-0.05, 0) is 31.7 Å². The summed E-state index contributed by atoms with van der Waals surface area (Å²) in [5.74, 6) is 0.542. The summed E-state index contributed by atoms with van der Waals surface area (Å²) in [5.41, 5.74) is -0.849. The lowest BCUT2D eigenvalue weighted by Crippen LogP contribution is -2.53. The van der Waals surface area contributed by atoms with Gasteiger partial charge in [0.15, 0.2) is 0 Å². The number of hydrogen-bond donors (Lipinski definition) is 0. The second kappa shape index (κ2) is 8.91. The van der Waals surface area contributed by atoms with Crippen LogP contribution < -0.4 is 4.90 Å². The van der Waals surface area contributed by atoms with Crippen LogP contribution in [0.2, 0.25) is 5.02 Å². The highest BCUT2D eigenvalue weighted by molar-refractivity contribution is 6.33. The Balaban J connectivity index is 1.29. The van der Waals surface area contributed by atoms with Crippen LogP contribution in [0.1, 0.15) is 44.1 Å². The Morgan fingerprint density at radius 1 is 1.00 bits per heavy atom. The Morgan fingerprint density at radius 2 is 1.63 bits per heavy atom.